The van der Waals surface area contributed by atoms with Crippen LogP contribution in [0.1, 0.15) is 62.5 Å². The van der Waals surface area contributed by atoms with Crippen molar-refractivity contribution < 1.29 is 14.6 Å². The maximum absolute atomic E-state index is 10.4. The monoisotopic (exact) mass is 395 g/mol. The van der Waals surface area contributed by atoms with Crippen LogP contribution in [0, 0.1) is 12.8 Å². The van der Waals surface area contributed by atoms with Gasteiger partial charge < -0.3 is 15.2 Å². The number of halogens is 1. The van der Waals surface area contributed by atoms with Gasteiger partial charge in [-0.1, -0.05) is 50.3 Å². The molecule has 27 heavy (non-hydrogen) atoms. The number of ether oxygens (including phenoxy) is 1. The van der Waals surface area contributed by atoms with Crippen LogP contribution in [0.5, 0.6) is 5.75 Å². The molecule has 0 atom stereocenters. The molecule has 0 bridgehead atoms. The van der Waals surface area contributed by atoms with E-state index in [2.05, 4.69) is 30.4 Å². The molecule has 2 rings (SSSR count). The average Bonchev–Trinajstić information content (AvgIpc) is 2.63. The van der Waals surface area contributed by atoms with E-state index in [0.717, 1.165) is 24.7 Å². The Balaban J connectivity index is 0.00000364. The lowest BCUT2D eigenvalue weighted by molar-refractivity contribution is -0.136. The van der Waals surface area contributed by atoms with Crippen molar-refractivity contribution in [2.24, 2.45) is 5.92 Å². The lowest BCUT2D eigenvalue weighted by Crippen LogP contribution is -2.17. The van der Waals surface area contributed by atoms with Gasteiger partial charge in [-0.2, -0.15) is 0 Å². The SMILES string of the molecule is Cc1cc(OCCCC2CCCCC2)ccc1C=CCNCCC(=O)O.Cl. The average molecular weight is 396 g/mol. The highest BCUT2D eigenvalue weighted by atomic mass is 35.5. The number of carbonyl (C=O) groups is 1. The van der Waals surface area contributed by atoms with E-state index in [1.165, 1.54) is 49.7 Å². The third kappa shape index (κ3) is 9.83. The Morgan fingerprint density at radius 1 is 1.30 bits per heavy atom. The molecule has 0 aromatic heterocycles. The summed E-state index contributed by atoms with van der Waals surface area (Å²) in [4.78, 5) is 10.4. The molecule has 1 saturated carbocycles. The number of benzene rings is 1. The van der Waals surface area contributed by atoms with Crippen molar-refractivity contribution in [3.05, 3.63) is 35.4 Å². The zero-order valence-corrected chi connectivity index (χ0v) is 17.2. The number of aryl methyl sites for hydroxylation is 1. The summed E-state index contributed by atoms with van der Waals surface area (Å²) in [5.74, 6) is 1.10. The highest BCUT2D eigenvalue weighted by Gasteiger charge is 2.12. The second-order valence-corrected chi connectivity index (χ2v) is 7.26. The summed E-state index contributed by atoms with van der Waals surface area (Å²) in [7, 11) is 0. The van der Waals surface area contributed by atoms with Crippen molar-refractivity contribution in [3.63, 3.8) is 0 Å². The molecule has 4 nitrogen and oxygen atoms in total. The van der Waals surface area contributed by atoms with E-state index < -0.39 is 5.97 Å². The van der Waals surface area contributed by atoms with Crippen LogP contribution in [0.25, 0.3) is 6.08 Å². The van der Waals surface area contributed by atoms with E-state index in [-0.39, 0.29) is 18.8 Å². The van der Waals surface area contributed by atoms with Gasteiger partial charge in [0.15, 0.2) is 0 Å². The fourth-order valence-electron chi connectivity index (χ4n) is 3.53. The molecule has 1 aromatic rings. The third-order valence-corrected chi connectivity index (χ3v) is 5.07. The molecule has 0 aliphatic heterocycles. The molecule has 152 valence electrons. The predicted molar refractivity (Wildman–Crippen MR) is 114 cm³/mol. The van der Waals surface area contributed by atoms with E-state index in [0.29, 0.717) is 13.1 Å². The van der Waals surface area contributed by atoms with Crippen molar-refractivity contribution in [2.75, 3.05) is 19.7 Å². The van der Waals surface area contributed by atoms with E-state index in [1.807, 2.05) is 12.1 Å². The zero-order valence-electron chi connectivity index (χ0n) is 16.4. The van der Waals surface area contributed by atoms with Gasteiger partial charge >= 0.3 is 5.97 Å². The summed E-state index contributed by atoms with van der Waals surface area (Å²) >= 11 is 0. The second kappa shape index (κ2) is 13.6. The van der Waals surface area contributed by atoms with Crippen LogP contribution in [0.3, 0.4) is 0 Å². The minimum Gasteiger partial charge on any atom is -0.494 e. The first-order chi connectivity index (χ1) is 12.6. The first-order valence-electron chi connectivity index (χ1n) is 9.97. The fourth-order valence-corrected chi connectivity index (χ4v) is 3.53. The van der Waals surface area contributed by atoms with E-state index in [9.17, 15) is 4.79 Å². The van der Waals surface area contributed by atoms with Crippen LogP contribution in [0.15, 0.2) is 24.3 Å². The van der Waals surface area contributed by atoms with Gasteiger partial charge in [-0.05, 0) is 48.9 Å². The molecule has 5 heteroatoms. The van der Waals surface area contributed by atoms with Crippen molar-refractivity contribution in [3.8, 4) is 5.75 Å². The first kappa shape index (κ1) is 23.5. The van der Waals surface area contributed by atoms with Crippen LogP contribution in [-0.4, -0.2) is 30.8 Å². The standard InChI is InChI=1S/C22H33NO3.ClH/c1-18-17-21(26-16-6-9-19-7-3-2-4-8-19)12-11-20(18)10-5-14-23-15-13-22(24)25;/h5,10-12,17,19,23H,2-4,6-9,13-16H2,1H3,(H,24,25);1H. The van der Waals surface area contributed by atoms with Gasteiger partial charge in [-0.25, -0.2) is 0 Å². The van der Waals surface area contributed by atoms with E-state index in [1.54, 1.807) is 0 Å². The fraction of sp³-hybridized carbons (Fsp3) is 0.591. The normalized spacial score (nSPS) is 14.9. The lowest BCUT2D eigenvalue weighted by atomic mass is 9.86. The van der Waals surface area contributed by atoms with Gasteiger partial charge in [0.1, 0.15) is 5.75 Å². The zero-order chi connectivity index (χ0) is 18.6. The van der Waals surface area contributed by atoms with Crippen molar-refractivity contribution in [2.45, 2.75) is 58.3 Å². The molecule has 0 spiro atoms. The Hall–Kier alpha value is -1.52. The van der Waals surface area contributed by atoms with Crippen molar-refractivity contribution in [1.82, 2.24) is 5.32 Å². The minimum absolute atomic E-state index is 0. The van der Waals surface area contributed by atoms with Crippen LogP contribution in [-0.2, 0) is 4.79 Å². The summed E-state index contributed by atoms with van der Waals surface area (Å²) in [5.41, 5.74) is 2.36. The molecular formula is C22H34ClNO3. The number of carboxylic acid groups (broad SMARTS) is 1. The molecule has 0 radical (unpaired) electrons. The maximum atomic E-state index is 10.4. The van der Waals surface area contributed by atoms with Crippen LogP contribution in [0.4, 0.5) is 0 Å². The number of hydrogen-bond acceptors (Lipinski definition) is 3. The Morgan fingerprint density at radius 2 is 2.07 bits per heavy atom. The molecule has 0 saturated heterocycles. The Bertz CT molecular complexity index is 583. The quantitative estimate of drug-likeness (QED) is 0.503. The molecular weight excluding hydrogens is 362 g/mol. The number of carboxylic acids is 1. The van der Waals surface area contributed by atoms with Crippen LogP contribution < -0.4 is 10.1 Å². The third-order valence-electron chi connectivity index (χ3n) is 5.07. The highest BCUT2D eigenvalue weighted by Crippen LogP contribution is 2.27. The van der Waals surface area contributed by atoms with Crippen LogP contribution >= 0.6 is 12.4 Å². The van der Waals surface area contributed by atoms with Gasteiger partial charge in [0, 0.05) is 13.1 Å². The number of rotatable bonds is 11. The second-order valence-electron chi connectivity index (χ2n) is 7.26. The Labute approximate surface area is 169 Å². The first-order valence-corrected chi connectivity index (χ1v) is 9.97. The summed E-state index contributed by atoms with van der Waals surface area (Å²) in [5, 5.41) is 11.7. The number of aliphatic carboxylic acids is 1. The van der Waals surface area contributed by atoms with Crippen molar-refractivity contribution >= 4 is 24.5 Å². The van der Waals surface area contributed by atoms with Gasteiger partial charge in [0.05, 0.1) is 13.0 Å². The molecule has 1 fully saturated rings. The summed E-state index contributed by atoms with van der Waals surface area (Å²) < 4.78 is 5.92. The molecule has 1 aliphatic carbocycles. The Kier molecular flexibility index (Phi) is 11.9. The van der Waals surface area contributed by atoms with E-state index in [4.69, 9.17) is 9.84 Å². The predicted octanol–water partition coefficient (Wildman–Crippen LogP) is 5.23. The van der Waals surface area contributed by atoms with E-state index >= 15 is 0 Å². The summed E-state index contributed by atoms with van der Waals surface area (Å²) in [6, 6.07) is 6.21. The molecule has 0 heterocycles. The largest absolute Gasteiger partial charge is 0.494 e. The highest BCUT2D eigenvalue weighted by molar-refractivity contribution is 5.85. The Morgan fingerprint density at radius 3 is 2.78 bits per heavy atom. The number of hydrogen-bond donors (Lipinski definition) is 2. The van der Waals surface area contributed by atoms with Gasteiger partial charge in [-0.15, -0.1) is 12.4 Å². The lowest BCUT2D eigenvalue weighted by Gasteiger charge is -2.21. The van der Waals surface area contributed by atoms with Gasteiger partial charge in [0.25, 0.3) is 0 Å². The summed E-state index contributed by atoms with van der Waals surface area (Å²) in [6.45, 7) is 4.06. The van der Waals surface area contributed by atoms with Crippen molar-refractivity contribution in [1.29, 1.82) is 0 Å². The topological polar surface area (TPSA) is 58.6 Å². The van der Waals surface area contributed by atoms with Crippen LogP contribution in [0.2, 0.25) is 0 Å². The maximum Gasteiger partial charge on any atom is 0.304 e. The molecule has 0 amide bonds. The van der Waals surface area contributed by atoms with Gasteiger partial charge in [0.2, 0.25) is 0 Å². The molecule has 1 aromatic carbocycles. The smallest absolute Gasteiger partial charge is 0.304 e. The molecule has 1 aliphatic rings. The summed E-state index contributed by atoms with van der Waals surface area (Å²) in [6.07, 6.45) is 13.7. The van der Waals surface area contributed by atoms with Gasteiger partial charge in [-0.3, -0.25) is 4.79 Å². The minimum atomic E-state index is -0.772. The number of nitrogens with one attached hydrogen (secondary N) is 1. The molecule has 2 N–H and O–H groups in total. The molecule has 0 unspecified atom stereocenters.